The lowest BCUT2D eigenvalue weighted by molar-refractivity contribution is -0.113. The highest BCUT2D eigenvalue weighted by Crippen LogP contribution is 2.40. The summed E-state index contributed by atoms with van der Waals surface area (Å²) in [5.74, 6) is 0.507. The zero-order valence-electron chi connectivity index (χ0n) is 15.0. The highest BCUT2D eigenvalue weighted by atomic mass is 32.2. The number of hydrogen-bond donors (Lipinski definition) is 1. The first-order valence-electron chi connectivity index (χ1n) is 8.82. The third kappa shape index (κ3) is 4.30. The van der Waals surface area contributed by atoms with Gasteiger partial charge in [0.25, 0.3) is 0 Å². The van der Waals surface area contributed by atoms with Crippen LogP contribution in [0.5, 0.6) is 0 Å². The van der Waals surface area contributed by atoms with Gasteiger partial charge in [0.2, 0.25) is 5.91 Å². The number of thiophene rings is 1. The Morgan fingerprint density at radius 2 is 2.08 bits per heavy atom. The Bertz CT molecular complexity index is 786. The second kappa shape index (κ2) is 8.73. The molecular formula is C20H23NO3S2. The fourth-order valence-corrected chi connectivity index (χ4v) is 5.32. The van der Waals surface area contributed by atoms with Crippen molar-refractivity contribution in [3.8, 4) is 0 Å². The molecule has 1 aliphatic carbocycles. The molecule has 0 radical (unpaired) electrons. The van der Waals surface area contributed by atoms with Gasteiger partial charge in [-0.25, -0.2) is 4.79 Å². The maximum Gasteiger partial charge on any atom is 0.341 e. The fraction of sp³-hybridized carbons (Fsp3) is 0.400. The molecule has 0 aliphatic heterocycles. The Morgan fingerprint density at radius 3 is 2.77 bits per heavy atom. The summed E-state index contributed by atoms with van der Waals surface area (Å²) in [5, 5.41) is 3.58. The minimum absolute atomic E-state index is 0.102. The van der Waals surface area contributed by atoms with Crippen LogP contribution in [0, 0.1) is 5.92 Å². The van der Waals surface area contributed by atoms with E-state index in [1.807, 2.05) is 30.3 Å². The Balaban J connectivity index is 1.75. The molecule has 138 valence electrons. The van der Waals surface area contributed by atoms with Crippen molar-refractivity contribution in [1.29, 1.82) is 0 Å². The normalized spacial score (nSPS) is 16.0. The van der Waals surface area contributed by atoms with Crippen LogP contribution in [0.25, 0.3) is 0 Å². The SMILES string of the molecule is CCC1CCc2c(sc(NC(=O)CSc3ccccc3)c2C(=O)OC)C1. The second-order valence-electron chi connectivity index (χ2n) is 6.37. The summed E-state index contributed by atoms with van der Waals surface area (Å²) < 4.78 is 4.98. The summed E-state index contributed by atoms with van der Waals surface area (Å²) in [6, 6.07) is 9.81. The molecule has 4 nitrogen and oxygen atoms in total. The molecule has 1 aromatic carbocycles. The number of esters is 1. The highest BCUT2D eigenvalue weighted by Gasteiger charge is 2.29. The Morgan fingerprint density at radius 1 is 1.31 bits per heavy atom. The van der Waals surface area contributed by atoms with E-state index in [4.69, 9.17) is 4.74 Å². The maximum atomic E-state index is 12.4. The molecule has 1 unspecified atom stereocenters. The largest absolute Gasteiger partial charge is 0.465 e. The van der Waals surface area contributed by atoms with E-state index in [1.54, 1.807) is 0 Å². The Hall–Kier alpha value is -1.79. The lowest BCUT2D eigenvalue weighted by Crippen LogP contribution is -2.17. The van der Waals surface area contributed by atoms with Gasteiger partial charge < -0.3 is 10.1 Å². The predicted octanol–water partition coefficient (Wildman–Crippen LogP) is 4.78. The van der Waals surface area contributed by atoms with E-state index >= 15 is 0 Å². The van der Waals surface area contributed by atoms with Crippen LogP contribution in [0.3, 0.4) is 0 Å². The van der Waals surface area contributed by atoms with Crippen molar-refractivity contribution in [2.75, 3.05) is 18.2 Å². The molecule has 3 rings (SSSR count). The van der Waals surface area contributed by atoms with Crippen LogP contribution in [0.1, 0.15) is 40.6 Å². The van der Waals surface area contributed by atoms with E-state index in [-0.39, 0.29) is 11.9 Å². The van der Waals surface area contributed by atoms with Crippen molar-refractivity contribution in [3.05, 3.63) is 46.3 Å². The number of ether oxygens (including phenoxy) is 1. The van der Waals surface area contributed by atoms with Gasteiger partial charge in [0.05, 0.1) is 18.4 Å². The second-order valence-corrected chi connectivity index (χ2v) is 8.52. The molecule has 0 bridgehead atoms. The molecular weight excluding hydrogens is 366 g/mol. The zero-order chi connectivity index (χ0) is 18.5. The molecule has 0 saturated heterocycles. The van der Waals surface area contributed by atoms with Gasteiger partial charge in [-0.15, -0.1) is 23.1 Å². The van der Waals surface area contributed by atoms with Gasteiger partial charge >= 0.3 is 5.97 Å². The van der Waals surface area contributed by atoms with Crippen molar-refractivity contribution in [2.45, 2.75) is 37.5 Å². The number of hydrogen-bond acceptors (Lipinski definition) is 5. The summed E-state index contributed by atoms with van der Waals surface area (Å²) in [5.41, 5.74) is 1.62. The number of benzene rings is 1. The number of carbonyl (C=O) groups is 2. The molecule has 6 heteroatoms. The standard InChI is InChI=1S/C20H23NO3S2/c1-3-13-9-10-15-16(11-13)26-19(18(15)20(23)24-2)21-17(22)12-25-14-7-5-4-6-8-14/h4-8,13H,3,9-12H2,1-2H3,(H,21,22). The summed E-state index contributed by atoms with van der Waals surface area (Å²) in [7, 11) is 1.39. The van der Waals surface area contributed by atoms with Gasteiger partial charge in [0, 0.05) is 9.77 Å². The Labute approximate surface area is 162 Å². The molecule has 1 aromatic heterocycles. The third-order valence-electron chi connectivity index (χ3n) is 4.70. The lowest BCUT2D eigenvalue weighted by atomic mass is 9.86. The number of nitrogens with one attached hydrogen (secondary N) is 1. The van der Waals surface area contributed by atoms with E-state index < -0.39 is 0 Å². The van der Waals surface area contributed by atoms with Gasteiger partial charge in [-0.05, 0) is 42.9 Å². The molecule has 1 heterocycles. The van der Waals surface area contributed by atoms with E-state index in [2.05, 4.69) is 12.2 Å². The van der Waals surface area contributed by atoms with Crippen LogP contribution < -0.4 is 5.32 Å². The van der Waals surface area contributed by atoms with Gasteiger partial charge in [0.15, 0.2) is 0 Å². The number of rotatable bonds is 6. The van der Waals surface area contributed by atoms with Crippen LogP contribution in [0.15, 0.2) is 35.2 Å². The monoisotopic (exact) mass is 389 g/mol. The molecule has 1 N–H and O–H groups in total. The number of fused-ring (bicyclic) bond motifs is 1. The summed E-state index contributed by atoms with van der Waals surface area (Å²) in [6.45, 7) is 2.20. The van der Waals surface area contributed by atoms with Gasteiger partial charge in [-0.2, -0.15) is 0 Å². The van der Waals surface area contributed by atoms with Crippen LogP contribution >= 0.6 is 23.1 Å². The van der Waals surface area contributed by atoms with Gasteiger partial charge in [-0.1, -0.05) is 31.5 Å². The summed E-state index contributed by atoms with van der Waals surface area (Å²) in [4.78, 5) is 27.0. The molecule has 1 aliphatic rings. The van der Waals surface area contributed by atoms with Crippen LogP contribution in [0.4, 0.5) is 5.00 Å². The molecule has 2 aromatic rings. The molecule has 0 saturated carbocycles. The van der Waals surface area contributed by atoms with E-state index in [0.29, 0.717) is 22.2 Å². The molecule has 0 spiro atoms. The van der Waals surface area contributed by atoms with E-state index in [1.165, 1.54) is 35.1 Å². The predicted molar refractivity (Wildman–Crippen MR) is 107 cm³/mol. The smallest absolute Gasteiger partial charge is 0.341 e. The number of carbonyl (C=O) groups excluding carboxylic acids is 2. The number of methoxy groups -OCH3 is 1. The quantitative estimate of drug-likeness (QED) is 0.571. The van der Waals surface area contributed by atoms with Gasteiger partial charge in [-0.3, -0.25) is 4.79 Å². The molecule has 0 fully saturated rings. The fourth-order valence-electron chi connectivity index (χ4n) is 3.24. The number of thioether (sulfide) groups is 1. The van der Waals surface area contributed by atoms with Crippen molar-refractivity contribution in [1.82, 2.24) is 0 Å². The first kappa shape index (κ1) is 19.0. The van der Waals surface area contributed by atoms with Crippen molar-refractivity contribution in [3.63, 3.8) is 0 Å². The Kier molecular flexibility index (Phi) is 6.38. The third-order valence-corrected chi connectivity index (χ3v) is 6.88. The first-order valence-corrected chi connectivity index (χ1v) is 10.6. The molecule has 26 heavy (non-hydrogen) atoms. The van der Waals surface area contributed by atoms with Crippen molar-refractivity contribution < 1.29 is 14.3 Å². The van der Waals surface area contributed by atoms with Crippen LogP contribution in [-0.2, 0) is 22.4 Å². The topological polar surface area (TPSA) is 55.4 Å². The van der Waals surface area contributed by atoms with Gasteiger partial charge in [0.1, 0.15) is 5.00 Å². The zero-order valence-corrected chi connectivity index (χ0v) is 16.7. The average Bonchev–Trinajstić information content (AvgIpc) is 3.03. The lowest BCUT2D eigenvalue weighted by Gasteiger charge is -2.20. The van der Waals surface area contributed by atoms with Crippen LogP contribution in [-0.4, -0.2) is 24.7 Å². The maximum absolute atomic E-state index is 12.4. The number of anilines is 1. The van der Waals surface area contributed by atoms with Crippen molar-refractivity contribution >= 4 is 40.0 Å². The average molecular weight is 390 g/mol. The first-order chi connectivity index (χ1) is 12.6. The van der Waals surface area contributed by atoms with E-state index in [9.17, 15) is 9.59 Å². The molecule has 1 amide bonds. The minimum Gasteiger partial charge on any atom is -0.465 e. The number of amides is 1. The highest BCUT2D eigenvalue weighted by molar-refractivity contribution is 8.00. The molecule has 1 atom stereocenters. The minimum atomic E-state index is -0.358. The summed E-state index contributed by atoms with van der Waals surface area (Å²) in [6.07, 6.45) is 4.08. The summed E-state index contributed by atoms with van der Waals surface area (Å²) >= 11 is 3.02. The van der Waals surface area contributed by atoms with Crippen LogP contribution in [0.2, 0.25) is 0 Å². The van der Waals surface area contributed by atoms with E-state index in [0.717, 1.165) is 36.1 Å². The van der Waals surface area contributed by atoms with Crippen molar-refractivity contribution in [2.24, 2.45) is 5.92 Å².